The lowest BCUT2D eigenvalue weighted by atomic mass is 10.3. The first kappa shape index (κ1) is 19.4. The van der Waals surface area contributed by atoms with Crippen LogP contribution in [-0.2, 0) is 0 Å². The molecular weight excluding hydrogens is 381 g/mol. The second-order valence-electron chi connectivity index (χ2n) is 4.12. The number of nitrogens with one attached hydrogen (secondary N) is 2. The molecule has 0 radical (unpaired) electrons. The number of terminal acetylenes is 1. The van der Waals surface area contributed by atoms with Gasteiger partial charge in [-0.2, -0.15) is 0 Å². The molecule has 0 fully saturated rings. The van der Waals surface area contributed by atoms with Gasteiger partial charge in [-0.3, -0.25) is 4.99 Å². The van der Waals surface area contributed by atoms with Gasteiger partial charge in [0.05, 0.1) is 20.2 Å². The van der Waals surface area contributed by atoms with Gasteiger partial charge in [-0.15, -0.1) is 30.4 Å². The van der Waals surface area contributed by atoms with Crippen LogP contribution in [0.3, 0.4) is 0 Å². The van der Waals surface area contributed by atoms with Gasteiger partial charge in [0.15, 0.2) is 5.96 Å². The largest absolute Gasteiger partial charge is 0.497 e. The zero-order valence-corrected chi connectivity index (χ0v) is 14.9. The Kier molecular flexibility index (Phi) is 10.2. The average molecular weight is 403 g/mol. The van der Waals surface area contributed by atoms with Crippen LogP contribution in [0.1, 0.15) is 6.92 Å². The van der Waals surface area contributed by atoms with E-state index < -0.39 is 0 Å². The number of hydrogen-bond donors (Lipinski definition) is 2. The van der Waals surface area contributed by atoms with Gasteiger partial charge in [0, 0.05) is 13.1 Å². The van der Waals surface area contributed by atoms with Crippen molar-refractivity contribution in [3.05, 3.63) is 24.3 Å². The fraction of sp³-hybridized carbons (Fsp3) is 0.400. The molecule has 1 unspecified atom stereocenters. The molecule has 0 aliphatic carbocycles. The van der Waals surface area contributed by atoms with E-state index in [2.05, 4.69) is 21.5 Å². The van der Waals surface area contributed by atoms with Crippen molar-refractivity contribution < 1.29 is 9.47 Å². The number of hydrogen-bond acceptors (Lipinski definition) is 3. The SMILES string of the molecule is C#CCNC(=NC)NCC(C)Oc1cccc(OC)c1.I. The van der Waals surface area contributed by atoms with Gasteiger partial charge in [-0.05, 0) is 19.1 Å². The van der Waals surface area contributed by atoms with Gasteiger partial charge in [-0.1, -0.05) is 12.0 Å². The first-order valence-corrected chi connectivity index (χ1v) is 6.38. The molecule has 0 aromatic heterocycles. The van der Waals surface area contributed by atoms with E-state index in [4.69, 9.17) is 15.9 Å². The molecule has 1 aromatic rings. The van der Waals surface area contributed by atoms with Crippen LogP contribution in [0.25, 0.3) is 0 Å². The van der Waals surface area contributed by atoms with Gasteiger partial charge in [-0.25, -0.2) is 0 Å². The first-order valence-electron chi connectivity index (χ1n) is 6.38. The van der Waals surface area contributed by atoms with E-state index in [0.717, 1.165) is 11.5 Å². The average Bonchev–Trinajstić information content (AvgIpc) is 2.47. The van der Waals surface area contributed by atoms with E-state index in [-0.39, 0.29) is 30.1 Å². The van der Waals surface area contributed by atoms with Crippen molar-refractivity contribution >= 4 is 29.9 Å². The van der Waals surface area contributed by atoms with Gasteiger partial charge in [0.1, 0.15) is 17.6 Å². The van der Waals surface area contributed by atoms with E-state index in [9.17, 15) is 0 Å². The molecule has 2 N–H and O–H groups in total. The van der Waals surface area contributed by atoms with Crippen molar-refractivity contribution in [2.75, 3.05) is 27.2 Å². The minimum atomic E-state index is -0.0218. The fourth-order valence-electron chi connectivity index (χ4n) is 1.54. The number of rotatable bonds is 6. The third-order valence-corrected chi connectivity index (χ3v) is 2.52. The van der Waals surface area contributed by atoms with Crippen molar-refractivity contribution in [1.29, 1.82) is 0 Å². The number of guanidine groups is 1. The van der Waals surface area contributed by atoms with Crippen LogP contribution in [0.4, 0.5) is 0 Å². The third-order valence-electron chi connectivity index (χ3n) is 2.52. The summed E-state index contributed by atoms with van der Waals surface area (Å²) in [5.74, 6) is 4.69. The van der Waals surface area contributed by atoms with Crippen molar-refractivity contribution in [1.82, 2.24) is 10.6 Å². The second kappa shape index (κ2) is 11.1. The lowest BCUT2D eigenvalue weighted by Gasteiger charge is -2.17. The molecule has 1 atom stereocenters. The van der Waals surface area contributed by atoms with Gasteiger partial charge in [0.25, 0.3) is 0 Å². The summed E-state index contributed by atoms with van der Waals surface area (Å²) in [5.41, 5.74) is 0. The molecule has 21 heavy (non-hydrogen) atoms. The topological polar surface area (TPSA) is 54.9 Å². The summed E-state index contributed by atoms with van der Waals surface area (Å²) in [6.45, 7) is 3.02. The Balaban J connectivity index is 0.00000400. The molecule has 0 amide bonds. The number of halogens is 1. The zero-order chi connectivity index (χ0) is 14.8. The molecule has 1 aromatic carbocycles. The highest BCUT2D eigenvalue weighted by Gasteiger charge is 2.06. The Morgan fingerprint density at radius 3 is 2.71 bits per heavy atom. The summed E-state index contributed by atoms with van der Waals surface area (Å²) < 4.78 is 10.9. The van der Waals surface area contributed by atoms with Crippen molar-refractivity contribution in [3.8, 4) is 23.8 Å². The summed E-state index contributed by atoms with van der Waals surface area (Å²) in [5, 5.41) is 6.12. The molecule has 0 aliphatic rings. The zero-order valence-electron chi connectivity index (χ0n) is 12.6. The maximum Gasteiger partial charge on any atom is 0.191 e. The molecule has 0 heterocycles. The van der Waals surface area contributed by atoms with Crippen LogP contribution in [0.15, 0.2) is 29.3 Å². The quantitative estimate of drug-likeness (QED) is 0.330. The summed E-state index contributed by atoms with van der Waals surface area (Å²) in [6.07, 6.45) is 5.16. The van der Waals surface area contributed by atoms with Gasteiger partial charge in [0.2, 0.25) is 0 Å². The first-order chi connectivity index (χ1) is 9.69. The minimum Gasteiger partial charge on any atom is -0.497 e. The Bertz CT molecular complexity index is 486. The molecule has 0 spiro atoms. The van der Waals surface area contributed by atoms with E-state index in [1.807, 2.05) is 31.2 Å². The van der Waals surface area contributed by atoms with Crippen molar-refractivity contribution in [2.45, 2.75) is 13.0 Å². The van der Waals surface area contributed by atoms with E-state index >= 15 is 0 Å². The predicted octanol–water partition coefficient (Wildman–Crippen LogP) is 1.88. The van der Waals surface area contributed by atoms with Crippen LogP contribution < -0.4 is 20.1 Å². The summed E-state index contributed by atoms with van der Waals surface area (Å²) in [4.78, 5) is 4.06. The van der Waals surface area contributed by atoms with Crippen molar-refractivity contribution in [3.63, 3.8) is 0 Å². The van der Waals surface area contributed by atoms with E-state index in [0.29, 0.717) is 19.0 Å². The maximum atomic E-state index is 5.79. The van der Waals surface area contributed by atoms with Crippen LogP contribution in [0.2, 0.25) is 0 Å². The minimum absolute atomic E-state index is 0. The normalized spacial score (nSPS) is 11.6. The summed E-state index contributed by atoms with van der Waals surface area (Å²) in [6, 6.07) is 7.51. The smallest absolute Gasteiger partial charge is 0.191 e. The Morgan fingerprint density at radius 1 is 1.38 bits per heavy atom. The maximum absolute atomic E-state index is 5.79. The molecule has 6 heteroatoms. The number of benzene rings is 1. The third kappa shape index (κ3) is 7.66. The Labute approximate surface area is 143 Å². The molecule has 0 saturated heterocycles. The highest BCUT2D eigenvalue weighted by Crippen LogP contribution is 2.19. The van der Waals surface area contributed by atoms with Crippen LogP contribution in [-0.4, -0.2) is 39.3 Å². The Hall–Kier alpha value is -1.62. The second-order valence-corrected chi connectivity index (χ2v) is 4.12. The molecular formula is C15H22IN3O2. The molecule has 5 nitrogen and oxygen atoms in total. The van der Waals surface area contributed by atoms with Crippen LogP contribution >= 0.6 is 24.0 Å². The standard InChI is InChI=1S/C15H21N3O2.HI/c1-5-9-17-15(16-3)18-11-12(2)20-14-8-6-7-13(10-14)19-4;/h1,6-8,10,12H,9,11H2,2-4H3,(H2,16,17,18);1H. The fourth-order valence-corrected chi connectivity index (χ4v) is 1.54. The highest BCUT2D eigenvalue weighted by molar-refractivity contribution is 14.0. The predicted molar refractivity (Wildman–Crippen MR) is 96.7 cm³/mol. The van der Waals surface area contributed by atoms with E-state index in [1.54, 1.807) is 14.2 Å². The van der Waals surface area contributed by atoms with E-state index in [1.165, 1.54) is 0 Å². The molecule has 1 rings (SSSR count). The molecule has 0 saturated carbocycles. The number of nitrogens with zero attached hydrogens (tertiary/aromatic N) is 1. The number of aliphatic imine (C=N–C) groups is 1. The monoisotopic (exact) mass is 403 g/mol. The highest BCUT2D eigenvalue weighted by atomic mass is 127. The summed E-state index contributed by atoms with van der Waals surface area (Å²) in [7, 11) is 3.32. The van der Waals surface area contributed by atoms with Gasteiger partial charge >= 0.3 is 0 Å². The number of ether oxygens (including phenoxy) is 2. The van der Waals surface area contributed by atoms with Crippen LogP contribution in [0, 0.1) is 12.3 Å². The molecule has 0 bridgehead atoms. The molecule has 116 valence electrons. The number of methoxy groups -OCH3 is 1. The lowest BCUT2D eigenvalue weighted by molar-refractivity contribution is 0.223. The Morgan fingerprint density at radius 2 is 2.10 bits per heavy atom. The molecule has 0 aliphatic heterocycles. The van der Waals surface area contributed by atoms with Crippen molar-refractivity contribution in [2.24, 2.45) is 4.99 Å². The van der Waals surface area contributed by atoms with Crippen LogP contribution in [0.5, 0.6) is 11.5 Å². The lowest BCUT2D eigenvalue weighted by Crippen LogP contribution is -2.41. The summed E-state index contributed by atoms with van der Waals surface area (Å²) >= 11 is 0. The van der Waals surface area contributed by atoms with Gasteiger partial charge < -0.3 is 20.1 Å².